The molecule has 158 valence electrons. The Labute approximate surface area is 179 Å². The van der Waals surface area contributed by atoms with Gasteiger partial charge in [-0.25, -0.2) is 15.0 Å². The van der Waals surface area contributed by atoms with Crippen molar-refractivity contribution >= 4 is 38.3 Å². The molecule has 2 aliphatic rings. The van der Waals surface area contributed by atoms with Crippen LogP contribution in [0.2, 0.25) is 0 Å². The summed E-state index contributed by atoms with van der Waals surface area (Å²) >= 11 is 1.63. The number of nitrogens with two attached hydrogens (primary N) is 1. The van der Waals surface area contributed by atoms with Crippen LogP contribution in [0.25, 0.3) is 10.9 Å². The highest BCUT2D eigenvalue weighted by Crippen LogP contribution is 2.31. The fraction of sp³-hybridized carbons (Fsp3) is 0.476. The number of piperazine rings is 1. The number of benzene rings is 1. The van der Waals surface area contributed by atoms with Gasteiger partial charge >= 0.3 is 0 Å². The third-order valence-corrected chi connectivity index (χ3v) is 6.68. The van der Waals surface area contributed by atoms with Crippen molar-refractivity contribution in [1.82, 2.24) is 20.3 Å². The summed E-state index contributed by atoms with van der Waals surface area (Å²) in [6.07, 6.45) is 7.89. The van der Waals surface area contributed by atoms with E-state index in [0.29, 0.717) is 12.0 Å². The Hall–Kier alpha value is -2.49. The van der Waals surface area contributed by atoms with Gasteiger partial charge in [0, 0.05) is 43.8 Å². The third-order valence-electron chi connectivity index (χ3n) is 5.70. The first-order valence-electron chi connectivity index (χ1n) is 10.6. The molecule has 30 heavy (non-hydrogen) atoms. The Morgan fingerprint density at radius 2 is 1.93 bits per heavy atom. The summed E-state index contributed by atoms with van der Waals surface area (Å²) in [5.41, 5.74) is 6.86. The molecule has 9 heteroatoms. The van der Waals surface area contributed by atoms with Crippen LogP contribution in [0.4, 0.5) is 16.1 Å². The molecule has 2 fully saturated rings. The molecular formula is C21H27N7OS. The van der Waals surface area contributed by atoms with Crippen LogP contribution in [0.5, 0.6) is 5.75 Å². The van der Waals surface area contributed by atoms with Crippen molar-refractivity contribution < 1.29 is 4.74 Å². The molecular weight excluding hydrogens is 398 g/mol. The van der Waals surface area contributed by atoms with E-state index in [2.05, 4.69) is 25.5 Å². The lowest BCUT2D eigenvalue weighted by Gasteiger charge is -2.27. The summed E-state index contributed by atoms with van der Waals surface area (Å²) in [7, 11) is 0. The van der Waals surface area contributed by atoms with E-state index in [9.17, 15) is 0 Å². The van der Waals surface area contributed by atoms with Crippen LogP contribution in [-0.4, -0.2) is 53.3 Å². The minimum atomic E-state index is 0.199. The summed E-state index contributed by atoms with van der Waals surface area (Å²) in [4.78, 5) is 16.1. The van der Waals surface area contributed by atoms with Gasteiger partial charge in [-0.2, -0.15) is 0 Å². The SMILES string of the molecule is NC1CCC(Oc2cccc3cnc(Nc4cnc(N5CCNCC5)s4)nc23)CC1. The van der Waals surface area contributed by atoms with Crippen LogP contribution in [0.3, 0.4) is 0 Å². The van der Waals surface area contributed by atoms with Gasteiger partial charge < -0.3 is 26.0 Å². The normalized spacial score (nSPS) is 22.2. The van der Waals surface area contributed by atoms with E-state index in [1.807, 2.05) is 30.6 Å². The van der Waals surface area contributed by atoms with E-state index in [1.165, 1.54) is 0 Å². The second-order valence-electron chi connectivity index (χ2n) is 7.91. The summed E-state index contributed by atoms with van der Waals surface area (Å²) in [5, 5.41) is 9.61. The summed E-state index contributed by atoms with van der Waals surface area (Å²) in [6, 6.07) is 6.30. The number of para-hydroxylation sites is 1. The maximum absolute atomic E-state index is 6.31. The first-order chi connectivity index (χ1) is 14.7. The monoisotopic (exact) mass is 425 g/mol. The molecule has 8 nitrogen and oxygen atoms in total. The highest BCUT2D eigenvalue weighted by Gasteiger charge is 2.21. The largest absolute Gasteiger partial charge is 0.488 e. The van der Waals surface area contributed by atoms with E-state index in [1.54, 1.807) is 11.3 Å². The summed E-state index contributed by atoms with van der Waals surface area (Å²) < 4.78 is 6.31. The molecule has 5 rings (SSSR count). The standard InChI is InChI=1S/C21H27N7OS/c22-15-4-6-16(7-5-15)29-17-3-1-2-14-12-24-20(27-19(14)17)26-18-13-25-21(30-18)28-10-8-23-9-11-28/h1-3,12-13,15-16,23H,4-11,22H2,(H,24,26,27). The van der Waals surface area contributed by atoms with Crippen LogP contribution in [-0.2, 0) is 0 Å². The lowest BCUT2D eigenvalue weighted by atomic mass is 9.94. The second kappa shape index (κ2) is 8.71. The van der Waals surface area contributed by atoms with Gasteiger partial charge in [-0.1, -0.05) is 23.5 Å². The van der Waals surface area contributed by atoms with Crippen LogP contribution in [0.15, 0.2) is 30.6 Å². The highest BCUT2D eigenvalue weighted by atomic mass is 32.1. The molecule has 0 amide bonds. The Kier molecular flexibility index (Phi) is 5.65. The first kappa shape index (κ1) is 19.5. The minimum Gasteiger partial charge on any atom is -0.488 e. The van der Waals surface area contributed by atoms with Crippen molar-refractivity contribution in [2.45, 2.75) is 37.8 Å². The number of hydrogen-bond donors (Lipinski definition) is 3. The molecule has 1 aliphatic heterocycles. The van der Waals surface area contributed by atoms with E-state index in [0.717, 1.165) is 78.6 Å². The molecule has 2 aromatic heterocycles. The molecule has 1 saturated heterocycles. The van der Waals surface area contributed by atoms with Crippen molar-refractivity contribution in [2.75, 3.05) is 36.4 Å². The van der Waals surface area contributed by atoms with E-state index >= 15 is 0 Å². The number of nitrogens with zero attached hydrogens (tertiary/aromatic N) is 4. The smallest absolute Gasteiger partial charge is 0.228 e. The fourth-order valence-corrected chi connectivity index (χ4v) is 4.87. The van der Waals surface area contributed by atoms with Crippen molar-refractivity contribution in [3.63, 3.8) is 0 Å². The summed E-state index contributed by atoms with van der Waals surface area (Å²) in [6.45, 7) is 3.94. The zero-order chi connectivity index (χ0) is 20.3. The van der Waals surface area contributed by atoms with Gasteiger partial charge in [-0.3, -0.25) is 0 Å². The second-order valence-corrected chi connectivity index (χ2v) is 8.92. The maximum Gasteiger partial charge on any atom is 0.228 e. The molecule has 0 bridgehead atoms. The lowest BCUT2D eigenvalue weighted by molar-refractivity contribution is 0.149. The van der Waals surface area contributed by atoms with Crippen LogP contribution < -0.4 is 26.0 Å². The average Bonchev–Trinajstić information content (AvgIpc) is 3.25. The van der Waals surface area contributed by atoms with Gasteiger partial charge in [0.1, 0.15) is 16.3 Å². The Bertz CT molecular complexity index is 996. The van der Waals surface area contributed by atoms with Gasteiger partial charge in [0.25, 0.3) is 0 Å². The first-order valence-corrected chi connectivity index (χ1v) is 11.4. The van der Waals surface area contributed by atoms with Gasteiger partial charge in [0.05, 0.1) is 12.3 Å². The molecule has 0 spiro atoms. The minimum absolute atomic E-state index is 0.199. The predicted molar refractivity (Wildman–Crippen MR) is 121 cm³/mol. The molecule has 3 aromatic rings. The predicted octanol–water partition coefficient (Wildman–Crippen LogP) is 2.89. The molecule has 0 atom stereocenters. The number of hydrogen-bond acceptors (Lipinski definition) is 9. The zero-order valence-corrected chi connectivity index (χ0v) is 17.7. The zero-order valence-electron chi connectivity index (χ0n) is 16.9. The molecule has 3 heterocycles. The molecule has 0 unspecified atom stereocenters. The van der Waals surface area contributed by atoms with Gasteiger partial charge in [0.2, 0.25) is 5.95 Å². The van der Waals surface area contributed by atoms with Crippen molar-refractivity contribution in [3.8, 4) is 5.75 Å². The Morgan fingerprint density at radius 1 is 1.10 bits per heavy atom. The number of thiazole rings is 1. The van der Waals surface area contributed by atoms with Crippen molar-refractivity contribution in [3.05, 3.63) is 30.6 Å². The number of rotatable bonds is 5. The number of aromatic nitrogens is 3. The topological polar surface area (TPSA) is 101 Å². The number of fused-ring (bicyclic) bond motifs is 1. The number of nitrogens with one attached hydrogen (secondary N) is 2. The van der Waals surface area contributed by atoms with Crippen LogP contribution in [0, 0.1) is 0 Å². The van der Waals surface area contributed by atoms with Crippen LogP contribution in [0.1, 0.15) is 25.7 Å². The summed E-state index contributed by atoms with van der Waals surface area (Å²) in [5.74, 6) is 1.36. The number of ether oxygens (including phenoxy) is 1. The Balaban J connectivity index is 1.33. The number of anilines is 3. The molecule has 1 aliphatic carbocycles. The highest BCUT2D eigenvalue weighted by molar-refractivity contribution is 7.19. The lowest BCUT2D eigenvalue weighted by Crippen LogP contribution is -2.43. The molecule has 1 aromatic carbocycles. The van der Waals surface area contributed by atoms with E-state index < -0.39 is 0 Å². The van der Waals surface area contributed by atoms with Crippen LogP contribution >= 0.6 is 11.3 Å². The quantitative estimate of drug-likeness (QED) is 0.574. The fourth-order valence-electron chi connectivity index (χ4n) is 4.01. The van der Waals surface area contributed by atoms with E-state index in [-0.39, 0.29) is 6.10 Å². The third kappa shape index (κ3) is 4.33. The van der Waals surface area contributed by atoms with E-state index in [4.69, 9.17) is 15.5 Å². The van der Waals surface area contributed by atoms with Gasteiger partial charge in [-0.05, 0) is 31.7 Å². The average molecular weight is 426 g/mol. The maximum atomic E-state index is 6.31. The molecule has 4 N–H and O–H groups in total. The Morgan fingerprint density at radius 3 is 2.77 bits per heavy atom. The van der Waals surface area contributed by atoms with Crippen molar-refractivity contribution in [2.24, 2.45) is 5.73 Å². The van der Waals surface area contributed by atoms with Crippen molar-refractivity contribution in [1.29, 1.82) is 0 Å². The molecule has 1 saturated carbocycles. The molecule has 0 radical (unpaired) electrons. The van der Waals surface area contributed by atoms with Gasteiger partial charge in [-0.15, -0.1) is 0 Å². The van der Waals surface area contributed by atoms with Gasteiger partial charge in [0.15, 0.2) is 5.13 Å².